The van der Waals surface area contributed by atoms with Gasteiger partial charge in [0.1, 0.15) is 12.6 Å². The van der Waals surface area contributed by atoms with Crippen LogP contribution in [0.5, 0.6) is 0 Å². The summed E-state index contributed by atoms with van der Waals surface area (Å²) >= 11 is 0. The van der Waals surface area contributed by atoms with E-state index >= 15 is 0 Å². The summed E-state index contributed by atoms with van der Waals surface area (Å²) in [6, 6.07) is 15.5. The van der Waals surface area contributed by atoms with Gasteiger partial charge in [-0.05, 0) is 23.3 Å². The van der Waals surface area contributed by atoms with Gasteiger partial charge >= 0.3 is 12.1 Å². The lowest BCUT2D eigenvalue weighted by Gasteiger charge is -2.16. The number of aromatic nitrogens is 1. The Kier molecular flexibility index (Phi) is 6.64. The number of benzene rings is 2. The van der Waals surface area contributed by atoms with E-state index in [2.05, 4.69) is 11.9 Å². The summed E-state index contributed by atoms with van der Waals surface area (Å²) in [6.45, 7) is 3.60. The van der Waals surface area contributed by atoms with Gasteiger partial charge in [-0.25, -0.2) is 9.59 Å². The lowest BCUT2D eigenvalue weighted by Crippen LogP contribution is -2.43. The zero-order valence-corrected chi connectivity index (χ0v) is 16.5. The second kappa shape index (κ2) is 9.56. The minimum atomic E-state index is -0.976. The molecular weight excluding hydrogens is 384 g/mol. The van der Waals surface area contributed by atoms with E-state index in [1.807, 2.05) is 48.5 Å². The highest BCUT2D eigenvalue weighted by Crippen LogP contribution is 2.23. The largest absolute Gasteiger partial charge is 0.467 e. The van der Waals surface area contributed by atoms with Gasteiger partial charge in [0.05, 0.1) is 12.6 Å². The van der Waals surface area contributed by atoms with Crippen LogP contribution in [-0.2, 0) is 27.3 Å². The highest BCUT2D eigenvalue weighted by molar-refractivity contribution is 5.99. The molecule has 0 bridgehead atoms. The maximum absolute atomic E-state index is 12.3. The number of hydrogen-bond acceptors (Lipinski definition) is 5. The Morgan fingerprint density at radius 2 is 1.80 bits per heavy atom. The van der Waals surface area contributed by atoms with Crippen molar-refractivity contribution >= 4 is 28.9 Å². The zero-order valence-electron chi connectivity index (χ0n) is 16.5. The minimum Gasteiger partial charge on any atom is -0.467 e. The first-order valence-corrected chi connectivity index (χ1v) is 9.34. The van der Waals surface area contributed by atoms with E-state index in [1.165, 1.54) is 17.8 Å². The fourth-order valence-electron chi connectivity index (χ4n) is 3.16. The number of allylic oxidation sites excluding steroid dienone is 1. The molecule has 30 heavy (non-hydrogen) atoms. The number of nitrogens with one attached hydrogen (secondary N) is 1. The Bertz CT molecular complexity index is 1070. The smallest absolute Gasteiger partial charge is 0.408 e. The van der Waals surface area contributed by atoms with Crippen LogP contribution in [0.4, 0.5) is 4.79 Å². The molecule has 3 aromatic rings. The van der Waals surface area contributed by atoms with Gasteiger partial charge < -0.3 is 14.8 Å². The van der Waals surface area contributed by atoms with Crippen LogP contribution in [0.15, 0.2) is 73.4 Å². The Morgan fingerprint density at radius 3 is 2.50 bits per heavy atom. The van der Waals surface area contributed by atoms with Gasteiger partial charge in [0.2, 0.25) is 0 Å². The van der Waals surface area contributed by atoms with Gasteiger partial charge in [0, 0.05) is 18.0 Å². The van der Waals surface area contributed by atoms with Gasteiger partial charge in [-0.2, -0.15) is 0 Å². The van der Waals surface area contributed by atoms with Crippen LogP contribution in [-0.4, -0.2) is 35.7 Å². The highest BCUT2D eigenvalue weighted by Gasteiger charge is 2.25. The molecule has 154 valence electrons. The SMILES string of the molecule is C=CC(=O)n1cc(C[C@H](NC(=O)OCc2ccccc2)C(=O)OC)c2ccccc21. The lowest BCUT2D eigenvalue weighted by atomic mass is 10.1. The summed E-state index contributed by atoms with van der Waals surface area (Å²) in [5.41, 5.74) is 2.22. The van der Waals surface area contributed by atoms with Crippen LogP contribution in [0.1, 0.15) is 15.9 Å². The number of nitrogens with zero attached hydrogens (tertiary/aromatic N) is 1. The van der Waals surface area contributed by atoms with E-state index in [9.17, 15) is 14.4 Å². The number of alkyl carbamates (subject to hydrolysis) is 1. The number of hydrogen-bond donors (Lipinski definition) is 1. The first-order valence-electron chi connectivity index (χ1n) is 9.34. The molecule has 1 amide bonds. The molecule has 1 N–H and O–H groups in total. The molecule has 0 aliphatic heterocycles. The van der Waals surface area contributed by atoms with Crippen molar-refractivity contribution in [3.8, 4) is 0 Å². The molecule has 0 saturated heterocycles. The monoisotopic (exact) mass is 406 g/mol. The van der Waals surface area contributed by atoms with E-state index in [1.54, 1.807) is 12.3 Å². The van der Waals surface area contributed by atoms with E-state index < -0.39 is 18.1 Å². The molecule has 7 nitrogen and oxygen atoms in total. The lowest BCUT2D eigenvalue weighted by molar-refractivity contribution is -0.142. The van der Waals surface area contributed by atoms with E-state index in [0.29, 0.717) is 11.1 Å². The van der Waals surface area contributed by atoms with Crippen molar-refractivity contribution in [1.82, 2.24) is 9.88 Å². The molecule has 0 radical (unpaired) electrons. The van der Waals surface area contributed by atoms with Crippen molar-refractivity contribution in [2.24, 2.45) is 0 Å². The van der Waals surface area contributed by atoms with Crippen molar-refractivity contribution in [2.45, 2.75) is 19.1 Å². The third-order valence-electron chi connectivity index (χ3n) is 4.62. The fraction of sp³-hybridized carbons (Fsp3) is 0.174. The average Bonchev–Trinajstić information content (AvgIpc) is 3.15. The Hall–Kier alpha value is -3.87. The summed E-state index contributed by atoms with van der Waals surface area (Å²) in [5.74, 6) is -0.902. The topological polar surface area (TPSA) is 86.6 Å². The molecule has 0 aliphatic rings. The summed E-state index contributed by atoms with van der Waals surface area (Å²) in [6.07, 6.45) is 2.25. The normalized spacial score (nSPS) is 11.5. The Balaban J connectivity index is 1.78. The molecule has 7 heteroatoms. The van der Waals surface area contributed by atoms with Gasteiger partial charge in [-0.1, -0.05) is 55.1 Å². The summed E-state index contributed by atoms with van der Waals surface area (Å²) in [4.78, 5) is 36.7. The van der Waals surface area contributed by atoms with Crippen molar-refractivity contribution in [1.29, 1.82) is 0 Å². The average molecular weight is 406 g/mol. The molecule has 2 aromatic carbocycles. The van der Waals surface area contributed by atoms with Gasteiger partial charge in [-0.15, -0.1) is 0 Å². The molecule has 0 unspecified atom stereocenters. The second-order valence-corrected chi connectivity index (χ2v) is 6.57. The summed E-state index contributed by atoms with van der Waals surface area (Å²) in [5, 5.41) is 3.35. The van der Waals surface area contributed by atoms with E-state index in [4.69, 9.17) is 9.47 Å². The third kappa shape index (κ3) is 4.75. The molecular formula is C23H22N2O5. The predicted molar refractivity (Wildman–Crippen MR) is 112 cm³/mol. The number of fused-ring (bicyclic) bond motifs is 1. The number of methoxy groups -OCH3 is 1. The first kappa shape index (κ1) is 20.9. The standard InChI is InChI=1S/C23H22N2O5/c1-3-21(26)25-14-17(18-11-7-8-12-20(18)25)13-19(22(27)29-2)24-23(28)30-15-16-9-5-4-6-10-16/h3-12,14,19H,1,13,15H2,2H3,(H,24,28)/t19-/m0/s1. The van der Waals surface area contributed by atoms with Crippen molar-refractivity contribution in [3.63, 3.8) is 0 Å². The molecule has 1 aromatic heterocycles. The third-order valence-corrected chi connectivity index (χ3v) is 4.62. The number of amides is 1. The molecule has 1 heterocycles. The maximum Gasteiger partial charge on any atom is 0.408 e. The number of para-hydroxylation sites is 1. The molecule has 0 saturated carbocycles. The highest BCUT2D eigenvalue weighted by atomic mass is 16.6. The second-order valence-electron chi connectivity index (χ2n) is 6.57. The van der Waals surface area contributed by atoms with Crippen molar-refractivity contribution < 1.29 is 23.9 Å². The number of rotatable bonds is 7. The van der Waals surface area contributed by atoms with Crippen LogP contribution in [0.25, 0.3) is 10.9 Å². The minimum absolute atomic E-state index is 0.0771. The Labute approximate surface area is 173 Å². The number of carbonyl (C=O) groups excluding carboxylic acids is 3. The van der Waals surface area contributed by atoms with Crippen LogP contribution in [0.2, 0.25) is 0 Å². The van der Waals surface area contributed by atoms with E-state index in [0.717, 1.165) is 10.9 Å². The van der Waals surface area contributed by atoms with Crippen LogP contribution in [0, 0.1) is 0 Å². The zero-order chi connectivity index (χ0) is 21.5. The quantitative estimate of drug-likeness (QED) is 0.480. The maximum atomic E-state index is 12.3. The van der Waals surface area contributed by atoms with Gasteiger partial charge in [0.15, 0.2) is 0 Å². The Morgan fingerprint density at radius 1 is 1.10 bits per heavy atom. The summed E-state index contributed by atoms with van der Waals surface area (Å²) < 4.78 is 11.5. The van der Waals surface area contributed by atoms with Crippen molar-refractivity contribution in [3.05, 3.63) is 84.6 Å². The van der Waals surface area contributed by atoms with Gasteiger partial charge in [0.25, 0.3) is 5.91 Å². The predicted octanol–water partition coefficient (Wildman–Crippen LogP) is 3.48. The van der Waals surface area contributed by atoms with Crippen molar-refractivity contribution in [2.75, 3.05) is 7.11 Å². The van der Waals surface area contributed by atoms with Crippen LogP contribution in [0.3, 0.4) is 0 Å². The molecule has 0 aliphatic carbocycles. The molecule has 1 atom stereocenters. The van der Waals surface area contributed by atoms with Crippen LogP contribution >= 0.6 is 0 Å². The first-order chi connectivity index (χ1) is 14.5. The molecule has 0 spiro atoms. The summed E-state index contributed by atoms with van der Waals surface area (Å²) in [7, 11) is 1.25. The number of ether oxygens (including phenoxy) is 2. The van der Waals surface area contributed by atoms with Gasteiger partial charge in [-0.3, -0.25) is 9.36 Å². The number of carbonyl (C=O) groups is 3. The number of esters is 1. The molecule has 0 fully saturated rings. The molecule has 3 rings (SSSR count). The van der Waals surface area contributed by atoms with E-state index in [-0.39, 0.29) is 18.9 Å². The fourth-order valence-corrected chi connectivity index (χ4v) is 3.16. The van der Waals surface area contributed by atoms with Crippen LogP contribution < -0.4 is 5.32 Å².